The van der Waals surface area contributed by atoms with Crippen molar-refractivity contribution in [2.75, 3.05) is 0 Å². The molecule has 0 saturated carbocycles. The number of benzene rings is 1. The molecule has 0 bridgehead atoms. The Hall–Kier alpha value is -1.38. The summed E-state index contributed by atoms with van der Waals surface area (Å²) >= 11 is 5.51. The van der Waals surface area contributed by atoms with E-state index in [0.717, 1.165) is 12.1 Å². The molecule has 0 nitrogen and oxygen atoms in total. The summed E-state index contributed by atoms with van der Waals surface area (Å²) in [7, 11) is 0. The minimum Gasteiger partial charge on any atom is -0.199 e. The third-order valence-corrected chi connectivity index (χ3v) is 3.15. The van der Waals surface area contributed by atoms with Crippen molar-refractivity contribution >= 4 is 17.2 Å². The van der Waals surface area contributed by atoms with Crippen LogP contribution in [0.5, 0.6) is 0 Å². The average Bonchev–Trinajstić information content (AvgIpc) is 2.37. The van der Waals surface area contributed by atoms with Gasteiger partial charge in [-0.25, -0.2) is 0 Å². The van der Waals surface area contributed by atoms with Crippen molar-refractivity contribution in [2.45, 2.75) is 30.4 Å². The lowest BCUT2D eigenvalue weighted by atomic mass is 9.94. The first-order chi connectivity index (χ1) is 10.1. The van der Waals surface area contributed by atoms with Crippen molar-refractivity contribution in [3.05, 3.63) is 41.4 Å². The molecule has 0 aromatic heterocycles. The minimum atomic E-state index is -6.90. The second kappa shape index (κ2) is 5.92. The molecular formula is C13H8ClF9. The summed E-state index contributed by atoms with van der Waals surface area (Å²) in [6, 6.07) is 4.53. The smallest absolute Gasteiger partial charge is 0.199 e. The predicted molar refractivity (Wildman–Crippen MR) is 66.0 cm³/mol. The Kier molecular flexibility index (Phi) is 5.06. The van der Waals surface area contributed by atoms with Crippen LogP contribution in [0, 0.1) is 0 Å². The summed E-state index contributed by atoms with van der Waals surface area (Å²) in [5, 5.41) is 0.169. The summed E-state index contributed by atoms with van der Waals surface area (Å²) in [6.07, 6.45) is -8.92. The molecule has 0 saturated heterocycles. The molecule has 0 aliphatic heterocycles. The van der Waals surface area contributed by atoms with Gasteiger partial charge in [-0.05, 0) is 23.3 Å². The lowest BCUT2D eigenvalue weighted by molar-refractivity contribution is -0.395. The van der Waals surface area contributed by atoms with E-state index in [4.69, 9.17) is 11.6 Å². The fourth-order valence-electron chi connectivity index (χ4n) is 1.57. The third-order valence-electron chi connectivity index (χ3n) is 2.90. The Morgan fingerprint density at radius 2 is 1.26 bits per heavy atom. The van der Waals surface area contributed by atoms with Crippen LogP contribution in [-0.4, -0.2) is 23.9 Å². The second-order valence-electron chi connectivity index (χ2n) is 4.64. The number of alkyl halides is 9. The highest BCUT2D eigenvalue weighted by Crippen LogP contribution is 2.55. The van der Waals surface area contributed by atoms with Crippen LogP contribution in [0.1, 0.15) is 12.0 Å². The standard InChI is InChI=1S/C13H8ClF9/c1-7(8-2-4-9(14)5-3-8)6-10(15,16)11(17,18)12(19,20)13(21,22)23/h2-5H,1,6H2. The maximum atomic E-state index is 13.4. The van der Waals surface area contributed by atoms with Crippen molar-refractivity contribution in [3.8, 4) is 0 Å². The van der Waals surface area contributed by atoms with Gasteiger partial charge in [0, 0.05) is 11.4 Å². The molecular weight excluding hydrogens is 363 g/mol. The zero-order valence-electron chi connectivity index (χ0n) is 11.0. The Bertz CT molecular complexity index is 572. The summed E-state index contributed by atoms with van der Waals surface area (Å²) in [4.78, 5) is 0. The van der Waals surface area contributed by atoms with Gasteiger partial charge in [-0.15, -0.1) is 0 Å². The number of hydrogen-bond donors (Lipinski definition) is 0. The fourth-order valence-corrected chi connectivity index (χ4v) is 1.70. The summed E-state index contributed by atoms with van der Waals surface area (Å²) in [6.45, 7) is 3.01. The fraction of sp³-hybridized carbons (Fsp3) is 0.385. The maximum absolute atomic E-state index is 13.4. The van der Waals surface area contributed by atoms with Crippen LogP contribution in [0.25, 0.3) is 5.57 Å². The van der Waals surface area contributed by atoms with Gasteiger partial charge in [0.2, 0.25) is 0 Å². The molecule has 0 heterocycles. The van der Waals surface area contributed by atoms with Crippen LogP contribution >= 0.6 is 11.6 Å². The predicted octanol–water partition coefficient (Wildman–Crippen LogP) is 6.21. The van der Waals surface area contributed by atoms with Gasteiger partial charge in [0.1, 0.15) is 0 Å². The molecule has 0 unspecified atom stereocenters. The third kappa shape index (κ3) is 3.59. The molecule has 1 aromatic rings. The van der Waals surface area contributed by atoms with Gasteiger partial charge < -0.3 is 0 Å². The highest BCUT2D eigenvalue weighted by molar-refractivity contribution is 6.30. The Balaban J connectivity index is 3.10. The van der Waals surface area contributed by atoms with E-state index in [-0.39, 0.29) is 10.6 Å². The van der Waals surface area contributed by atoms with Crippen LogP contribution in [0.2, 0.25) is 5.02 Å². The Morgan fingerprint density at radius 1 is 0.826 bits per heavy atom. The van der Waals surface area contributed by atoms with Gasteiger partial charge >= 0.3 is 23.9 Å². The van der Waals surface area contributed by atoms with E-state index in [1.165, 1.54) is 12.1 Å². The van der Waals surface area contributed by atoms with E-state index >= 15 is 0 Å². The van der Waals surface area contributed by atoms with E-state index in [0.29, 0.717) is 0 Å². The lowest BCUT2D eigenvalue weighted by Gasteiger charge is -2.34. The highest BCUT2D eigenvalue weighted by atomic mass is 35.5. The molecule has 0 aliphatic carbocycles. The molecule has 23 heavy (non-hydrogen) atoms. The van der Waals surface area contributed by atoms with E-state index in [1.54, 1.807) is 0 Å². The largest absolute Gasteiger partial charge is 0.460 e. The van der Waals surface area contributed by atoms with E-state index in [1.807, 2.05) is 0 Å². The van der Waals surface area contributed by atoms with Gasteiger partial charge in [-0.2, -0.15) is 39.5 Å². The molecule has 0 amide bonds. The normalized spacial score (nSPS) is 14.0. The topological polar surface area (TPSA) is 0 Å². The quantitative estimate of drug-likeness (QED) is 0.540. The molecule has 0 aliphatic rings. The Morgan fingerprint density at radius 3 is 1.65 bits per heavy atom. The van der Waals surface area contributed by atoms with Gasteiger partial charge in [0.15, 0.2) is 0 Å². The molecule has 0 radical (unpaired) electrons. The Labute approximate surface area is 129 Å². The first-order valence-electron chi connectivity index (χ1n) is 5.77. The number of hydrogen-bond acceptors (Lipinski definition) is 0. The molecule has 1 aromatic carbocycles. The van der Waals surface area contributed by atoms with Crippen molar-refractivity contribution in [2.24, 2.45) is 0 Å². The van der Waals surface area contributed by atoms with E-state index < -0.39 is 35.9 Å². The molecule has 0 fully saturated rings. The van der Waals surface area contributed by atoms with Crippen molar-refractivity contribution in [1.29, 1.82) is 0 Å². The number of rotatable bonds is 5. The van der Waals surface area contributed by atoms with Crippen molar-refractivity contribution in [3.63, 3.8) is 0 Å². The zero-order chi connectivity index (χ0) is 18.3. The van der Waals surface area contributed by atoms with Crippen LogP contribution in [0.3, 0.4) is 0 Å². The number of halogens is 10. The van der Waals surface area contributed by atoms with Gasteiger partial charge in [0.05, 0.1) is 0 Å². The van der Waals surface area contributed by atoms with Crippen molar-refractivity contribution < 1.29 is 39.5 Å². The minimum absolute atomic E-state index is 0.153. The lowest BCUT2D eigenvalue weighted by Crippen LogP contribution is -2.60. The van der Waals surface area contributed by atoms with Gasteiger partial charge in [0.25, 0.3) is 0 Å². The van der Waals surface area contributed by atoms with Crippen LogP contribution in [-0.2, 0) is 0 Å². The van der Waals surface area contributed by atoms with Crippen LogP contribution < -0.4 is 0 Å². The molecule has 0 N–H and O–H groups in total. The molecule has 1 rings (SSSR count). The highest BCUT2D eigenvalue weighted by Gasteiger charge is 2.81. The summed E-state index contributed by atoms with van der Waals surface area (Å²) in [5.74, 6) is -19.2. The summed E-state index contributed by atoms with van der Waals surface area (Å²) < 4.78 is 114. The first kappa shape index (κ1) is 19.7. The molecule has 130 valence electrons. The monoisotopic (exact) mass is 370 g/mol. The summed E-state index contributed by atoms with van der Waals surface area (Å²) in [5.41, 5.74) is -0.899. The van der Waals surface area contributed by atoms with Gasteiger partial charge in [-0.3, -0.25) is 0 Å². The zero-order valence-corrected chi connectivity index (χ0v) is 11.8. The SMILES string of the molecule is C=C(CC(F)(F)C(F)(F)C(F)(F)C(F)(F)F)c1ccc(Cl)cc1. The average molecular weight is 371 g/mol. The second-order valence-corrected chi connectivity index (χ2v) is 5.07. The molecule has 0 atom stereocenters. The van der Waals surface area contributed by atoms with Crippen LogP contribution in [0.4, 0.5) is 39.5 Å². The van der Waals surface area contributed by atoms with Gasteiger partial charge in [-0.1, -0.05) is 30.3 Å². The van der Waals surface area contributed by atoms with Crippen molar-refractivity contribution in [1.82, 2.24) is 0 Å². The molecule has 10 heteroatoms. The molecule has 0 spiro atoms. The van der Waals surface area contributed by atoms with E-state index in [9.17, 15) is 39.5 Å². The maximum Gasteiger partial charge on any atom is 0.460 e. The van der Waals surface area contributed by atoms with E-state index in [2.05, 4.69) is 6.58 Å². The van der Waals surface area contributed by atoms with Crippen LogP contribution in [0.15, 0.2) is 30.8 Å². The number of allylic oxidation sites excluding steroid dienone is 1. The first-order valence-corrected chi connectivity index (χ1v) is 6.15.